The van der Waals surface area contributed by atoms with Gasteiger partial charge in [0.1, 0.15) is 0 Å². The van der Waals surface area contributed by atoms with Gasteiger partial charge in [-0.25, -0.2) is 0 Å². The van der Waals surface area contributed by atoms with Crippen LogP contribution in [0.15, 0.2) is 0 Å². The van der Waals surface area contributed by atoms with Gasteiger partial charge in [-0.05, 0) is 59.2 Å². The van der Waals surface area contributed by atoms with Gasteiger partial charge in [0.15, 0.2) is 0 Å². The standard InChI is InChI=1S/C10H22N2/c1-10(2)7-9(8-12-10)5-4-6-11-3/h9,11-12H,4-8H2,1-3H3. The van der Waals surface area contributed by atoms with E-state index in [0.717, 1.165) is 12.5 Å². The summed E-state index contributed by atoms with van der Waals surface area (Å²) < 4.78 is 0. The van der Waals surface area contributed by atoms with E-state index in [4.69, 9.17) is 0 Å². The van der Waals surface area contributed by atoms with Crippen molar-refractivity contribution >= 4 is 0 Å². The molecule has 0 saturated carbocycles. The molecular weight excluding hydrogens is 148 g/mol. The molecule has 2 heteroatoms. The van der Waals surface area contributed by atoms with Crippen molar-refractivity contribution in [3.8, 4) is 0 Å². The van der Waals surface area contributed by atoms with Crippen molar-refractivity contribution in [1.82, 2.24) is 10.6 Å². The molecule has 1 unspecified atom stereocenters. The summed E-state index contributed by atoms with van der Waals surface area (Å²) >= 11 is 0. The van der Waals surface area contributed by atoms with Crippen LogP contribution in [-0.4, -0.2) is 25.7 Å². The van der Waals surface area contributed by atoms with Crippen molar-refractivity contribution in [2.24, 2.45) is 5.92 Å². The van der Waals surface area contributed by atoms with Gasteiger partial charge in [0.2, 0.25) is 0 Å². The van der Waals surface area contributed by atoms with Crippen LogP contribution in [0.1, 0.15) is 33.1 Å². The summed E-state index contributed by atoms with van der Waals surface area (Å²) in [6, 6.07) is 0. The molecule has 1 fully saturated rings. The highest BCUT2D eigenvalue weighted by Gasteiger charge is 2.29. The van der Waals surface area contributed by atoms with Crippen molar-refractivity contribution < 1.29 is 0 Å². The van der Waals surface area contributed by atoms with Gasteiger partial charge in [-0.1, -0.05) is 0 Å². The average Bonchev–Trinajstić information content (AvgIpc) is 2.31. The first kappa shape index (κ1) is 10.0. The van der Waals surface area contributed by atoms with Crippen molar-refractivity contribution in [2.75, 3.05) is 20.1 Å². The Morgan fingerprint density at radius 2 is 2.25 bits per heavy atom. The first-order chi connectivity index (χ1) is 5.64. The van der Waals surface area contributed by atoms with Gasteiger partial charge < -0.3 is 10.6 Å². The molecule has 1 aliphatic rings. The molecule has 0 radical (unpaired) electrons. The molecule has 0 aromatic rings. The molecule has 0 aromatic heterocycles. The highest BCUT2D eigenvalue weighted by molar-refractivity contribution is 4.88. The van der Waals surface area contributed by atoms with Gasteiger partial charge in [-0.3, -0.25) is 0 Å². The zero-order valence-electron chi connectivity index (χ0n) is 8.61. The van der Waals surface area contributed by atoms with Crippen LogP contribution >= 0.6 is 0 Å². The van der Waals surface area contributed by atoms with Crippen LogP contribution in [0.25, 0.3) is 0 Å². The summed E-state index contributed by atoms with van der Waals surface area (Å²) in [7, 11) is 2.02. The van der Waals surface area contributed by atoms with Crippen LogP contribution in [0, 0.1) is 5.92 Å². The minimum atomic E-state index is 0.393. The van der Waals surface area contributed by atoms with E-state index in [2.05, 4.69) is 24.5 Å². The van der Waals surface area contributed by atoms with E-state index in [9.17, 15) is 0 Å². The second kappa shape index (κ2) is 4.24. The molecule has 0 bridgehead atoms. The van der Waals surface area contributed by atoms with Crippen molar-refractivity contribution in [1.29, 1.82) is 0 Å². The Morgan fingerprint density at radius 1 is 1.50 bits per heavy atom. The average molecular weight is 170 g/mol. The summed E-state index contributed by atoms with van der Waals surface area (Å²) in [5, 5.41) is 6.74. The lowest BCUT2D eigenvalue weighted by Crippen LogP contribution is -2.31. The quantitative estimate of drug-likeness (QED) is 0.623. The second-order valence-corrected chi connectivity index (χ2v) is 4.58. The van der Waals surface area contributed by atoms with Gasteiger partial charge >= 0.3 is 0 Å². The van der Waals surface area contributed by atoms with E-state index >= 15 is 0 Å². The molecule has 2 N–H and O–H groups in total. The molecule has 1 saturated heterocycles. The number of hydrogen-bond acceptors (Lipinski definition) is 2. The van der Waals surface area contributed by atoms with Crippen molar-refractivity contribution in [2.45, 2.75) is 38.6 Å². The summed E-state index contributed by atoms with van der Waals surface area (Å²) in [6.45, 7) is 6.98. The molecule has 1 rings (SSSR count). The zero-order valence-corrected chi connectivity index (χ0v) is 8.61. The molecule has 72 valence electrons. The molecule has 1 heterocycles. The maximum atomic E-state index is 3.55. The fourth-order valence-corrected chi connectivity index (χ4v) is 2.06. The summed E-state index contributed by atoms with van der Waals surface area (Å²) in [5.41, 5.74) is 0.393. The van der Waals surface area contributed by atoms with E-state index in [-0.39, 0.29) is 0 Å². The number of nitrogens with one attached hydrogen (secondary N) is 2. The fraction of sp³-hybridized carbons (Fsp3) is 1.00. The predicted octanol–water partition coefficient (Wildman–Crippen LogP) is 1.37. The Balaban J connectivity index is 2.11. The molecule has 0 aliphatic carbocycles. The third kappa shape index (κ3) is 3.11. The SMILES string of the molecule is CNCCCC1CNC(C)(C)C1. The molecule has 2 nitrogen and oxygen atoms in total. The highest BCUT2D eigenvalue weighted by atomic mass is 15.0. The van der Waals surface area contributed by atoms with Crippen LogP contribution in [0.5, 0.6) is 0 Å². The monoisotopic (exact) mass is 170 g/mol. The Morgan fingerprint density at radius 3 is 2.75 bits per heavy atom. The lowest BCUT2D eigenvalue weighted by atomic mass is 9.94. The molecule has 0 spiro atoms. The third-order valence-corrected chi connectivity index (χ3v) is 2.71. The summed E-state index contributed by atoms with van der Waals surface area (Å²) in [5.74, 6) is 0.911. The predicted molar refractivity (Wildman–Crippen MR) is 53.3 cm³/mol. The maximum absolute atomic E-state index is 3.55. The normalized spacial score (nSPS) is 27.8. The summed E-state index contributed by atoms with van der Waals surface area (Å²) in [4.78, 5) is 0. The van der Waals surface area contributed by atoms with E-state index in [1.165, 1.54) is 25.8 Å². The Hall–Kier alpha value is -0.0800. The van der Waals surface area contributed by atoms with Crippen LogP contribution < -0.4 is 10.6 Å². The molecular formula is C10H22N2. The second-order valence-electron chi connectivity index (χ2n) is 4.58. The van der Waals surface area contributed by atoms with Gasteiger partial charge in [-0.2, -0.15) is 0 Å². The van der Waals surface area contributed by atoms with Gasteiger partial charge in [0.25, 0.3) is 0 Å². The maximum Gasteiger partial charge on any atom is 0.0128 e. The minimum Gasteiger partial charge on any atom is -0.320 e. The summed E-state index contributed by atoms with van der Waals surface area (Å²) in [6.07, 6.45) is 4.03. The lowest BCUT2D eigenvalue weighted by molar-refractivity contribution is 0.427. The van der Waals surface area contributed by atoms with Crippen LogP contribution in [0.2, 0.25) is 0 Å². The molecule has 1 aliphatic heterocycles. The van der Waals surface area contributed by atoms with Crippen molar-refractivity contribution in [3.63, 3.8) is 0 Å². The van der Waals surface area contributed by atoms with E-state index in [1.54, 1.807) is 0 Å². The molecule has 12 heavy (non-hydrogen) atoms. The minimum absolute atomic E-state index is 0.393. The Bertz CT molecular complexity index is 132. The van der Waals surface area contributed by atoms with Crippen LogP contribution in [0.3, 0.4) is 0 Å². The largest absolute Gasteiger partial charge is 0.320 e. The van der Waals surface area contributed by atoms with Crippen LogP contribution in [0.4, 0.5) is 0 Å². The number of hydrogen-bond donors (Lipinski definition) is 2. The molecule has 0 aromatic carbocycles. The van der Waals surface area contributed by atoms with Gasteiger partial charge in [0.05, 0.1) is 0 Å². The zero-order chi connectivity index (χ0) is 9.03. The fourth-order valence-electron chi connectivity index (χ4n) is 2.06. The Labute approximate surface area is 76.1 Å². The van der Waals surface area contributed by atoms with Crippen molar-refractivity contribution in [3.05, 3.63) is 0 Å². The van der Waals surface area contributed by atoms with Gasteiger partial charge in [-0.15, -0.1) is 0 Å². The van der Waals surface area contributed by atoms with Gasteiger partial charge in [0, 0.05) is 5.54 Å². The molecule has 0 amide bonds. The van der Waals surface area contributed by atoms with E-state index in [0.29, 0.717) is 5.54 Å². The Kier molecular flexibility index (Phi) is 3.53. The van der Waals surface area contributed by atoms with Crippen LogP contribution in [-0.2, 0) is 0 Å². The lowest BCUT2D eigenvalue weighted by Gasteiger charge is -2.17. The topological polar surface area (TPSA) is 24.1 Å². The van der Waals surface area contributed by atoms with E-state index in [1.807, 2.05) is 7.05 Å². The number of rotatable bonds is 4. The first-order valence-electron chi connectivity index (χ1n) is 5.04. The molecule has 1 atom stereocenters. The third-order valence-electron chi connectivity index (χ3n) is 2.71. The first-order valence-corrected chi connectivity index (χ1v) is 5.04. The smallest absolute Gasteiger partial charge is 0.0128 e. The highest BCUT2D eigenvalue weighted by Crippen LogP contribution is 2.26. The van der Waals surface area contributed by atoms with E-state index < -0.39 is 0 Å².